The van der Waals surface area contributed by atoms with Gasteiger partial charge in [-0.1, -0.05) is 12.0 Å². The minimum atomic E-state index is -0.352. The highest BCUT2D eigenvalue weighted by Crippen LogP contribution is 2.28. The van der Waals surface area contributed by atoms with Crippen molar-refractivity contribution in [1.82, 2.24) is 29.5 Å². The lowest BCUT2D eigenvalue weighted by Crippen LogP contribution is -2.35. The van der Waals surface area contributed by atoms with E-state index < -0.39 is 0 Å². The number of likely N-dealkylation sites (N-methyl/N-ethyl adjacent to an activating group) is 1. The van der Waals surface area contributed by atoms with E-state index in [0.29, 0.717) is 11.5 Å². The van der Waals surface area contributed by atoms with Crippen molar-refractivity contribution < 1.29 is 4.79 Å². The summed E-state index contributed by atoms with van der Waals surface area (Å²) in [4.78, 5) is 21.8. The number of amides is 1. The van der Waals surface area contributed by atoms with E-state index in [1.54, 1.807) is 30.9 Å². The maximum atomic E-state index is 12.4. The smallest absolute Gasteiger partial charge is 0.242 e. The molecule has 0 aliphatic rings. The Morgan fingerprint density at radius 2 is 1.81 bits per heavy atom. The maximum Gasteiger partial charge on any atom is 0.242 e. The van der Waals surface area contributed by atoms with Crippen LogP contribution in [0.25, 0.3) is 22.6 Å². The lowest BCUT2D eigenvalue weighted by Gasteiger charge is -2.12. The second-order valence-electron chi connectivity index (χ2n) is 8.31. The summed E-state index contributed by atoms with van der Waals surface area (Å²) in [6, 6.07) is 19.0. The van der Waals surface area contributed by atoms with Crippen LogP contribution in [0.1, 0.15) is 23.9 Å². The fourth-order valence-electron chi connectivity index (χ4n) is 3.87. The molecule has 8 heteroatoms. The highest BCUT2D eigenvalue weighted by Gasteiger charge is 2.17. The Morgan fingerprint density at radius 1 is 0.972 bits per heavy atom. The predicted molar refractivity (Wildman–Crippen MR) is 140 cm³/mol. The quantitative estimate of drug-likeness (QED) is 0.377. The van der Waals surface area contributed by atoms with Crippen molar-refractivity contribution in [3.05, 3.63) is 96.2 Å². The molecule has 0 saturated heterocycles. The van der Waals surface area contributed by atoms with E-state index in [1.165, 1.54) is 0 Å². The molecule has 1 amide bonds. The number of nitrogens with one attached hydrogen (secondary N) is 2. The molecule has 0 bridgehead atoms. The maximum absolute atomic E-state index is 12.4. The van der Waals surface area contributed by atoms with E-state index in [4.69, 9.17) is 4.98 Å². The van der Waals surface area contributed by atoms with Crippen molar-refractivity contribution in [1.29, 1.82) is 0 Å². The van der Waals surface area contributed by atoms with Gasteiger partial charge in [0, 0.05) is 29.7 Å². The van der Waals surface area contributed by atoms with Gasteiger partial charge < -0.3 is 10.6 Å². The number of hydrogen-bond acceptors (Lipinski definition) is 5. The molecule has 5 aromatic rings. The summed E-state index contributed by atoms with van der Waals surface area (Å²) in [6.45, 7) is 3.76. The van der Waals surface area contributed by atoms with E-state index in [9.17, 15) is 4.79 Å². The molecular weight excluding hydrogens is 450 g/mol. The molecule has 1 aromatic carbocycles. The average molecular weight is 476 g/mol. The summed E-state index contributed by atoms with van der Waals surface area (Å²) in [5.41, 5.74) is 5.81. The molecule has 5 rings (SSSR count). The molecule has 0 aliphatic carbocycles. The predicted octanol–water partition coefficient (Wildman–Crippen LogP) is 3.84. The van der Waals surface area contributed by atoms with Gasteiger partial charge in [-0.3, -0.25) is 9.20 Å². The standard InChI is InChI=1S/C28H25N7O/c1-19-27(34-17-5-4-7-26(34)31-19)23-13-15-25(33-28(36)20(2)29-3)32-24(23)14-10-21-8-11-22(12-9-21)35-18-6-16-30-35/h4-9,11-13,15-18,20,29H,1-3H3,(H,32,33,36). The zero-order valence-electron chi connectivity index (χ0n) is 20.2. The number of benzene rings is 1. The molecular formula is C28H25N7O. The molecule has 8 nitrogen and oxygen atoms in total. The normalized spacial score (nSPS) is 11.6. The van der Waals surface area contributed by atoms with Crippen LogP contribution in [-0.4, -0.2) is 43.1 Å². The molecule has 178 valence electrons. The van der Waals surface area contributed by atoms with Crippen molar-refractivity contribution >= 4 is 17.4 Å². The lowest BCUT2D eigenvalue weighted by molar-refractivity contribution is -0.117. The van der Waals surface area contributed by atoms with Crippen LogP contribution in [0.3, 0.4) is 0 Å². The molecule has 4 aromatic heterocycles. The first kappa shape index (κ1) is 23.0. The fraction of sp³-hybridized carbons (Fsp3) is 0.143. The topological polar surface area (TPSA) is 89.1 Å². The van der Waals surface area contributed by atoms with Crippen LogP contribution < -0.4 is 10.6 Å². The van der Waals surface area contributed by atoms with Gasteiger partial charge in [0.05, 0.1) is 23.1 Å². The first-order valence-corrected chi connectivity index (χ1v) is 11.6. The van der Waals surface area contributed by atoms with Crippen molar-refractivity contribution in [2.75, 3.05) is 12.4 Å². The van der Waals surface area contributed by atoms with Crippen molar-refractivity contribution in [2.45, 2.75) is 19.9 Å². The van der Waals surface area contributed by atoms with Crippen LogP contribution in [0.15, 0.2) is 79.3 Å². The Balaban J connectivity index is 1.56. The molecule has 4 heterocycles. The van der Waals surface area contributed by atoms with Gasteiger partial charge in [-0.15, -0.1) is 0 Å². The Bertz CT molecular complexity index is 1590. The van der Waals surface area contributed by atoms with Gasteiger partial charge in [-0.05, 0) is 81.4 Å². The van der Waals surface area contributed by atoms with E-state index in [2.05, 4.69) is 32.6 Å². The van der Waals surface area contributed by atoms with Gasteiger partial charge in [0.1, 0.15) is 17.2 Å². The molecule has 0 spiro atoms. The number of hydrogen-bond donors (Lipinski definition) is 2. The summed E-state index contributed by atoms with van der Waals surface area (Å²) in [5, 5.41) is 10.1. The SMILES string of the molecule is CNC(C)C(=O)Nc1ccc(-c2c(C)nc3ccccn23)c(C#Cc2ccc(-n3cccn3)cc2)n1. The number of carbonyl (C=O) groups is 1. The third-order valence-corrected chi connectivity index (χ3v) is 5.89. The lowest BCUT2D eigenvalue weighted by atomic mass is 10.1. The minimum Gasteiger partial charge on any atom is -0.309 e. The van der Waals surface area contributed by atoms with Gasteiger partial charge in [0.25, 0.3) is 0 Å². The van der Waals surface area contributed by atoms with E-state index in [0.717, 1.165) is 33.8 Å². The molecule has 1 unspecified atom stereocenters. The van der Waals surface area contributed by atoms with Crippen molar-refractivity contribution in [2.24, 2.45) is 0 Å². The van der Waals surface area contributed by atoms with Crippen LogP contribution in [0.5, 0.6) is 0 Å². The van der Waals surface area contributed by atoms with Gasteiger partial charge in [-0.25, -0.2) is 14.6 Å². The van der Waals surface area contributed by atoms with Gasteiger partial charge in [-0.2, -0.15) is 5.10 Å². The zero-order chi connectivity index (χ0) is 25.1. The van der Waals surface area contributed by atoms with Crippen LogP contribution in [0, 0.1) is 18.8 Å². The number of fused-ring (bicyclic) bond motifs is 1. The number of aromatic nitrogens is 5. The second-order valence-corrected chi connectivity index (χ2v) is 8.31. The highest BCUT2D eigenvalue weighted by atomic mass is 16.2. The van der Waals surface area contributed by atoms with Crippen LogP contribution in [-0.2, 0) is 4.79 Å². The minimum absolute atomic E-state index is 0.170. The number of pyridine rings is 2. The number of nitrogens with zero attached hydrogens (tertiary/aromatic N) is 5. The summed E-state index contributed by atoms with van der Waals surface area (Å²) in [7, 11) is 1.74. The Morgan fingerprint density at radius 3 is 2.56 bits per heavy atom. The number of aryl methyl sites for hydroxylation is 1. The Kier molecular flexibility index (Phi) is 6.31. The Hall–Kier alpha value is -4.74. The molecule has 36 heavy (non-hydrogen) atoms. The largest absolute Gasteiger partial charge is 0.309 e. The molecule has 2 N–H and O–H groups in total. The number of imidazole rings is 1. The average Bonchev–Trinajstić information content (AvgIpc) is 3.55. The van der Waals surface area contributed by atoms with E-state index >= 15 is 0 Å². The van der Waals surface area contributed by atoms with Crippen molar-refractivity contribution in [3.63, 3.8) is 0 Å². The number of anilines is 1. The third kappa shape index (κ3) is 4.60. The summed E-state index contributed by atoms with van der Waals surface area (Å²) in [5.74, 6) is 6.72. The molecule has 0 aliphatic heterocycles. The van der Waals surface area contributed by atoms with Crippen molar-refractivity contribution in [3.8, 4) is 28.8 Å². The molecule has 0 fully saturated rings. The summed E-state index contributed by atoms with van der Waals surface area (Å²) >= 11 is 0. The van der Waals surface area contributed by atoms with E-state index in [-0.39, 0.29) is 11.9 Å². The van der Waals surface area contributed by atoms with Crippen LogP contribution in [0.4, 0.5) is 5.82 Å². The Labute approximate surface area is 209 Å². The third-order valence-electron chi connectivity index (χ3n) is 5.89. The number of carbonyl (C=O) groups excluding carboxylic acids is 1. The van der Waals surface area contributed by atoms with Gasteiger partial charge in [0.2, 0.25) is 5.91 Å². The monoisotopic (exact) mass is 475 g/mol. The van der Waals surface area contributed by atoms with Crippen LogP contribution in [0.2, 0.25) is 0 Å². The summed E-state index contributed by atoms with van der Waals surface area (Å²) in [6.07, 6.45) is 5.61. The zero-order valence-corrected chi connectivity index (χ0v) is 20.2. The molecule has 0 saturated carbocycles. The molecule has 0 radical (unpaired) electrons. The van der Waals surface area contributed by atoms with E-state index in [1.807, 2.05) is 78.3 Å². The highest BCUT2D eigenvalue weighted by molar-refractivity contribution is 5.94. The first-order valence-electron chi connectivity index (χ1n) is 11.6. The number of rotatable bonds is 5. The first-order chi connectivity index (χ1) is 17.5. The fourth-order valence-corrected chi connectivity index (χ4v) is 3.87. The van der Waals surface area contributed by atoms with Gasteiger partial charge in [0.15, 0.2) is 0 Å². The molecule has 1 atom stereocenters. The second kappa shape index (κ2) is 9.86. The van der Waals surface area contributed by atoms with Crippen LogP contribution >= 0.6 is 0 Å². The summed E-state index contributed by atoms with van der Waals surface area (Å²) < 4.78 is 3.82. The van der Waals surface area contributed by atoms with Gasteiger partial charge >= 0.3 is 0 Å².